The van der Waals surface area contributed by atoms with Crippen LogP contribution in [0.25, 0.3) is 10.9 Å². The van der Waals surface area contributed by atoms with Crippen molar-refractivity contribution in [2.24, 2.45) is 21.1 Å². The lowest BCUT2D eigenvalue weighted by Gasteiger charge is -2.09. The van der Waals surface area contributed by atoms with Crippen LogP contribution in [0.2, 0.25) is 0 Å². The number of azo groups is 1. The predicted molar refractivity (Wildman–Crippen MR) is 107 cm³/mol. The molecular weight excluding hydrogens is 416 g/mol. The molecule has 12 heteroatoms. The van der Waals surface area contributed by atoms with E-state index in [9.17, 15) is 18.0 Å². The summed E-state index contributed by atoms with van der Waals surface area (Å²) < 4.78 is 27.3. The first-order valence-electron chi connectivity index (χ1n) is 8.25. The Morgan fingerprint density at radius 1 is 1.28 bits per heavy atom. The molecule has 0 bridgehead atoms. The smallest absolute Gasteiger partial charge is 0.238 e. The number of rotatable bonds is 7. The molecule has 3 rings (SSSR count). The molecule has 10 nitrogen and oxygen atoms in total. The van der Waals surface area contributed by atoms with Crippen LogP contribution in [0.4, 0.5) is 5.00 Å². The number of fused-ring (bicyclic) bond motifs is 1. The third kappa shape index (κ3) is 4.40. The van der Waals surface area contributed by atoms with Crippen LogP contribution in [0.15, 0.2) is 51.7 Å². The van der Waals surface area contributed by atoms with Crippen LogP contribution in [0, 0.1) is 0 Å². The zero-order valence-corrected chi connectivity index (χ0v) is 16.8. The summed E-state index contributed by atoms with van der Waals surface area (Å²) in [4.78, 5) is 28.3. The number of nitrogens with zero attached hydrogens (tertiary/aromatic N) is 4. The van der Waals surface area contributed by atoms with Crippen LogP contribution in [0.3, 0.4) is 0 Å². The van der Waals surface area contributed by atoms with Crippen molar-refractivity contribution in [3.05, 3.63) is 47.8 Å². The summed E-state index contributed by atoms with van der Waals surface area (Å²) in [5.74, 6) is -0.848. The maximum atomic E-state index is 12.8. The molecule has 0 saturated heterocycles. The summed E-state index contributed by atoms with van der Waals surface area (Å²) in [7, 11) is -3.90. The average Bonchev–Trinajstić information content (AvgIpc) is 3.10. The van der Waals surface area contributed by atoms with Gasteiger partial charge in [0.25, 0.3) is 0 Å². The van der Waals surface area contributed by atoms with Gasteiger partial charge in [0, 0.05) is 30.6 Å². The molecule has 0 aliphatic rings. The molecule has 2 aromatic heterocycles. The number of hydrogen-bond donors (Lipinski definition) is 2. The van der Waals surface area contributed by atoms with Crippen molar-refractivity contribution < 1.29 is 18.0 Å². The van der Waals surface area contributed by atoms with Gasteiger partial charge in [0.05, 0.1) is 10.4 Å². The summed E-state index contributed by atoms with van der Waals surface area (Å²) in [6.45, 7) is 1.17. The zero-order chi connectivity index (χ0) is 21.2. The Morgan fingerprint density at radius 3 is 2.69 bits per heavy atom. The molecule has 2 heterocycles. The molecule has 0 spiro atoms. The van der Waals surface area contributed by atoms with Crippen LogP contribution in [-0.2, 0) is 10.0 Å². The van der Waals surface area contributed by atoms with E-state index in [0.29, 0.717) is 15.9 Å². The largest absolute Gasteiger partial charge is 0.328 e. The van der Waals surface area contributed by atoms with Crippen LogP contribution in [0.1, 0.15) is 27.8 Å². The second-order valence-electron chi connectivity index (χ2n) is 6.00. The quantitative estimate of drug-likeness (QED) is 0.423. The molecule has 3 aromatic rings. The normalized spacial score (nSPS) is 13.1. The van der Waals surface area contributed by atoms with Crippen molar-refractivity contribution >= 4 is 49.0 Å². The van der Waals surface area contributed by atoms with Gasteiger partial charge in [0.2, 0.25) is 10.0 Å². The minimum absolute atomic E-state index is 0.0344. The number of nitrogens with two attached hydrogens (primary N) is 2. The fourth-order valence-electron chi connectivity index (χ4n) is 2.55. The number of carbonyl (C=O) groups is 2. The van der Waals surface area contributed by atoms with Gasteiger partial charge in [-0.3, -0.25) is 14.6 Å². The Bertz CT molecular complexity index is 1240. The fraction of sp³-hybridized carbons (Fsp3) is 0.176. The molecule has 0 radical (unpaired) electrons. The molecule has 1 unspecified atom stereocenters. The average molecular weight is 432 g/mol. The Morgan fingerprint density at radius 2 is 2.03 bits per heavy atom. The van der Waals surface area contributed by atoms with E-state index in [1.807, 2.05) is 0 Å². The van der Waals surface area contributed by atoms with Crippen LogP contribution < -0.4 is 10.9 Å². The third-order valence-electron chi connectivity index (χ3n) is 3.98. The number of hydrogen-bond acceptors (Lipinski definition) is 10. The SMILES string of the molecule is CC(=O)c1ncccc1C(=O)C(CN)N=Nc1snc2ccc(S(N)(=O)=O)cc12. The minimum atomic E-state index is -3.90. The van der Waals surface area contributed by atoms with E-state index in [1.165, 1.54) is 43.5 Å². The highest BCUT2D eigenvalue weighted by atomic mass is 32.2. The summed E-state index contributed by atoms with van der Waals surface area (Å²) >= 11 is 0.986. The number of ketones is 2. The van der Waals surface area contributed by atoms with E-state index < -0.39 is 21.8 Å². The van der Waals surface area contributed by atoms with Crippen molar-refractivity contribution in [1.82, 2.24) is 9.36 Å². The van der Waals surface area contributed by atoms with E-state index in [-0.39, 0.29) is 28.5 Å². The van der Waals surface area contributed by atoms with Crippen molar-refractivity contribution in [3.8, 4) is 0 Å². The second-order valence-corrected chi connectivity index (χ2v) is 8.31. The van der Waals surface area contributed by atoms with Gasteiger partial charge in [-0.25, -0.2) is 13.6 Å². The number of Topliss-reactive ketones (excluding diaryl/α,β-unsaturated/α-hetero) is 2. The third-order valence-corrected chi connectivity index (χ3v) is 5.65. The molecule has 0 fully saturated rings. The molecule has 0 aliphatic heterocycles. The Hall–Kier alpha value is -2.93. The topological polar surface area (TPSA) is 171 Å². The molecule has 1 atom stereocenters. The van der Waals surface area contributed by atoms with Crippen LogP contribution >= 0.6 is 11.5 Å². The number of carbonyl (C=O) groups excluding carboxylic acids is 2. The summed E-state index contributed by atoms with van der Waals surface area (Å²) in [6.07, 6.45) is 1.42. The van der Waals surface area contributed by atoms with Crippen molar-refractivity contribution in [3.63, 3.8) is 0 Å². The Kier molecular flexibility index (Phi) is 5.88. The predicted octanol–water partition coefficient (Wildman–Crippen LogP) is 1.84. The molecule has 0 saturated carbocycles. The fourth-order valence-corrected chi connectivity index (χ4v) is 3.78. The zero-order valence-electron chi connectivity index (χ0n) is 15.1. The van der Waals surface area contributed by atoms with Gasteiger partial charge in [-0.2, -0.15) is 9.49 Å². The maximum Gasteiger partial charge on any atom is 0.238 e. The number of primary sulfonamides is 1. The van der Waals surface area contributed by atoms with E-state index in [2.05, 4.69) is 19.6 Å². The summed E-state index contributed by atoms with van der Waals surface area (Å²) in [5, 5.41) is 13.9. The highest BCUT2D eigenvalue weighted by Gasteiger charge is 2.23. The molecule has 4 N–H and O–H groups in total. The van der Waals surface area contributed by atoms with Crippen molar-refractivity contribution in [2.75, 3.05) is 6.54 Å². The lowest BCUT2D eigenvalue weighted by molar-refractivity contribution is 0.0944. The van der Waals surface area contributed by atoms with Gasteiger partial charge in [-0.1, -0.05) is 0 Å². The number of benzene rings is 1. The second kappa shape index (κ2) is 8.21. The standard InChI is InChI=1S/C17H16N6O4S2/c1-9(24)15-11(3-2-6-20-15)16(25)14(8-18)21-22-17-12-7-10(29(19,26)27)4-5-13(12)23-28-17/h2-7,14H,8,18H2,1H3,(H2,19,26,27). The van der Waals surface area contributed by atoms with Gasteiger partial charge in [0.15, 0.2) is 16.6 Å². The molecule has 1 aromatic carbocycles. The summed E-state index contributed by atoms with van der Waals surface area (Å²) in [6, 6.07) is 6.16. The van der Waals surface area contributed by atoms with Crippen LogP contribution in [0.5, 0.6) is 0 Å². The monoisotopic (exact) mass is 432 g/mol. The van der Waals surface area contributed by atoms with Gasteiger partial charge < -0.3 is 5.73 Å². The van der Waals surface area contributed by atoms with E-state index >= 15 is 0 Å². The van der Waals surface area contributed by atoms with Crippen molar-refractivity contribution in [1.29, 1.82) is 0 Å². The van der Waals surface area contributed by atoms with E-state index in [0.717, 1.165) is 11.5 Å². The maximum absolute atomic E-state index is 12.8. The molecule has 29 heavy (non-hydrogen) atoms. The number of sulfonamides is 1. The summed E-state index contributed by atoms with van der Waals surface area (Å²) in [5.41, 5.74) is 6.34. The van der Waals surface area contributed by atoms with E-state index in [1.54, 1.807) is 0 Å². The van der Waals surface area contributed by atoms with Gasteiger partial charge >= 0.3 is 0 Å². The van der Waals surface area contributed by atoms with Gasteiger partial charge in [0.1, 0.15) is 11.7 Å². The molecule has 0 amide bonds. The van der Waals surface area contributed by atoms with Crippen LogP contribution in [-0.4, -0.2) is 41.9 Å². The Labute approximate surface area is 169 Å². The lowest BCUT2D eigenvalue weighted by atomic mass is 10.0. The molecule has 0 aliphatic carbocycles. The lowest BCUT2D eigenvalue weighted by Crippen LogP contribution is -2.29. The number of pyridine rings is 1. The molecular formula is C17H16N6O4S2. The Balaban J connectivity index is 1.96. The first kappa shape index (κ1) is 20.8. The molecule has 150 valence electrons. The first-order valence-corrected chi connectivity index (χ1v) is 10.6. The highest BCUT2D eigenvalue weighted by molar-refractivity contribution is 7.89. The number of aromatic nitrogens is 2. The minimum Gasteiger partial charge on any atom is -0.328 e. The highest BCUT2D eigenvalue weighted by Crippen LogP contribution is 2.32. The van der Waals surface area contributed by atoms with E-state index in [4.69, 9.17) is 10.9 Å². The first-order chi connectivity index (χ1) is 13.7. The van der Waals surface area contributed by atoms with Crippen molar-refractivity contribution in [2.45, 2.75) is 17.9 Å². The van der Waals surface area contributed by atoms with Gasteiger partial charge in [-0.05, 0) is 41.9 Å². The van der Waals surface area contributed by atoms with Gasteiger partial charge in [-0.15, -0.1) is 5.11 Å².